The lowest BCUT2D eigenvalue weighted by Gasteiger charge is -2.35. The summed E-state index contributed by atoms with van der Waals surface area (Å²) in [7, 11) is 13.2. The zero-order valence-corrected chi connectivity index (χ0v) is 75.0. The van der Waals surface area contributed by atoms with E-state index in [0.29, 0.717) is 98.2 Å². The van der Waals surface area contributed by atoms with Gasteiger partial charge in [0.1, 0.15) is 0 Å². The second-order valence-corrected chi connectivity index (χ2v) is 32.7. The number of allylic oxidation sites excluding steroid dienone is 5. The third-order valence-corrected chi connectivity index (χ3v) is 20.8. The molecule has 1 rings (SSSR count). The van der Waals surface area contributed by atoms with Crippen LogP contribution in [0.4, 0.5) is 0 Å². The summed E-state index contributed by atoms with van der Waals surface area (Å²) in [5.74, 6) is 4.47. The summed E-state index contributed by atoms with van der Waals surface area (Å²) in [4.78, 5) is 79.2. The van der Waals surface area contributed by atoms with Gasteiger partial charge in [-0.25, -0.2) is 0 Å². The third kappa shape index (κ3) is 49.7. The summed E-state index contributed by atoms with van der Waals surface area (Å²) in [6.07, 6.45) is 6.94. The fourth-order valence-corrected chi connectivity index (χ4v) is 11.6. The van der Waals surface area contributed by atoms with Gasteiger partial charge in [-0.1, -0.05) is 267 Å². The lowest BCUT2D eigenvalue weighted by atomic mass is 9.72. The molecule has 0 bridgehead atoms. The number of benzene rings is 1. The minimum absolute atomic E-state index is 0.0148. The van der Waals surface area contributed by atoms with Crippen LogP contribution < -0.4 is 0 Å². The number of ether oxygens (including phenoxy) is 9. The number of hydrogen-bond acceptors (Lipinski definition) is 17. The van der Waals surface area contributed by atoms with E-state index >= 15 is 0 Å². The highest BCUT2D eigenvalue weighted by Crippen LogP contribution is 2.39. The van der Waals surface area contributed by atoms with Gasteiger partial charge in [0.2, 0.25) is 0 Å². The monoisotopic (exact) mass is 1530 g/mol. The number of thioether (sulfide) groups is 1. The molecule has 0 fully saturated rings. The van der Waals surface area contributed by atoms with Gasteiger partial charge in [-0.05, 0) is 127 Å². The average molecular weight is 1530 g/mol. The van der Waals surface area contributed by atoms with E-state index in [0.717, 1.165) is 63.2 Å². The van der Waals surface area contributed by atoms with Crippen LogP contribution in [-0.4, -0.2) is 129 Å². The molecule has 0 saturated carbocycles. The highest BCUT2D eigenvalue weighted by Gasteiger charge is 2.35. The van der Waals surface area contributed by atoms with Gasteiger partial charge >= 0.3 is 41.8 Å². The minimum atomic E-state index is -0.407. The second-order valence-electron chi connectivity index (χ2n) is 31.7. The lowest BCUT2D eigenvalue weighted by Crippen LogP contribution is -2.37. The van der Waals surface area contributed by atoms with E-state index in [1.54, 1.807) is 26.0 Å². The predicted octanol–water partition coefficient (Wildman–Crippen LogP) is 21.8. The molecule has 0 spiro atoms. The molecule has 1 aromatic rings. The molecule has 0 aliphatic heterocycles. The molecule has 0 amide bonds. The molecule has 107 heavy (non-hydrogen) atoms. The summed E-state index contributed by atoms with van der Waals surface area (Å²) in [6.45, 7) is 78.7. The van der Waals surface area contributed by atoms with Crippen molar-refractivity contribution in [1.82, 2.24) is 0 Å². The van der Waals surface area contributed by atoms with E-state index in [4.69, 9.17) is 33.2 Å². The molecule has 17 heteroatoms. The van der Waals surface area contributed by atoms with Crippen molar-refractivity contribution in [2.24, 2.45) is 94.2 Å². The van der Waals surface area contributed by atoms with Crippen molar-refractivity contribution >= 4 is 53.5 Å². The Kier molecular flexibility index (Phi) is 63.5. The van der Waals surface area contributed by atoms with Crippen LogP contribution in [-0.2, 0) is 76.2 Å². The molecule has 0 heterocycles. The standard InChI is InChI=1S/C15H20O2.C13H24O3.2C13H24O2.C12H22O3.C12H22O2S.C12H22O2/c1-11(2)12(3)14(10-15(16)17-4)13-8-6-5-7-9-13;1-9(2)10(3)11(8-12(14)15-6)13(4,5)16-7;1-9(2)10(3)11(13(4,5)6)8-12(14)15-7;1-7-10(4)12(8-13(14)15-6)11(5)9(2)3;1-8(2)9(3)11(10(4)14-5)7-12(13)15-6;1-9(2)10(3)11(6-7-15-5)8-12(13)14-4;1-8(2)10(5)11(9(3)4)7-12(13)14-6/h5-9,11,14H,3,10H2,1-2,4H3;9,11H,3,8H2,1-2,4-7H3;9,11H,3,8H2,1-2,4-7H3;9-10,12H,5,7-8H2,1-4,6H3;8,10-11H,3,7H2,1-2,4-6H3;9,11H,3,6-8H2,1-2,4-5H3;8-9,11H,5,7H2,1-4,6H3. The van der Waals surface area contributed by atoms with Crippen molar-refractivity contribution in [3.63, 3.8) is 0 Å². The number of methoxy groups -OCH3 is 9. The summed E-state index contributed by atoms with van der Waals surface area (Å²) in [5, 5.41) is 0. The molecule has 1 aromatic carbocycles. The van der Waals surface area contributed by atoms with Crippen LogP contribution in [0.1, 0.15) is 235 Å². The number of hydrogen-bond donors (Lipinski definition) is 0. The molecule has 620 valence electrons. The fourth-order valence-electron chi connectivity index (χ4n) is 11.1. The lowest BCUT2D eigenvalue weighted by molar-refractivity contribution is -0.144. The van der Waals surface area contributed by atoms with E-state index in [2.05, 4.69) is 207 Å². The minimum Gasteiger partial charge on any atom is -0.469 e. The van der Waals surface area contributed by atoms with Crippen molar-refractivity contribution in [3.8, 4) is 0 Å². The molecule has 0 N–H and O–H groups in total. The summed E-state index contributed by atoms with van der Waals surface area (Å²) >= 11 is 1.80. The molecule has 0 radical (unpaired) electrons. The van der Waals surface area contributed by atoms with Crippen molar-refractivity contribution in [2.45, 2.75) is 242 Å². The molecule has 9 unspecified atom stereocenters. The molecule has 9 atom stereocenters. The number of rotatable bonds is 39. The zero-order chi connectivity index (χ0) is 85.2. The van der Waals surface area contributed by atoms with Crippen LogP contribution in [0, 0.1) is 94.2 Å². The number of esters is 7. The Bertz CT molecular complexity index is 2710. The Hall–Kier alpha value is -6.04. The van der Waals surface area contributed by atoms with Crippen molar-refractivity contribution in [3.05, 3.63) is 121 Å². The topological polar surface area (TPSA) is 203 Å². The van der Waals surface area contributed by atoms with Crippen LogP contribution in [0.5, 0.6) is 0 Å². The van der Waals surface area contributed by atoms with E-state index in [-0.39, 0.29) is 94.7 Å². The van der Waals surface area contributed by atoms with Gasteiger partial charge < -0.3 is 42.6 Å². The van der Waals surface area contributed by atoms with E-state index in [1.165, 1.54) is 49.8 Å². The van der Waals surface area contributed by atoms with Crippen LogP contribution in [0.3, 0.4) is 0 Å². The van der Waals surface area contributed by atoms with E-state index in [1.807, 2.05) is 51.1 Å². The Morgan fingerprint density at radius 1 is 0.383 bits per heavy atom. The fraction of sp³-hybridized carbons (Fsp3) is 0.700. The molecule has 0 aliphatic rings. The Morgan fingerprint density at radius 2 is 0.692 bits per heavy atom. The first-order valence-electron chi connectivity index (χ1n) is 38.2. The molecule has 0 saturated heterocycles. The van der Waals surface area contributed by atoms with E-state index < -0.39 is 5.60 Å². The van der Waals surface area contributed by atoms with Crippen LogP contribution in [0.25, 0.3) is 0 Å². The van der Waals surface area contributed by atoms with Crippen LogP contribution in [0.15, 0.2) is 115 Å². The normalized spacial score (nSPS) is 13.6. The second kappa shape index (κ2) is 60.7. The Labute approximate surface area is 659 Å². The highest BCUT2D eigenvalue weighted by molar-refractivity contribution is 7.98. The third-order valence-electron chi connectivity index (χ3n) is 20.1. The van der Waals surface area contributed by atoms with Crippen molar-refractivity contribution in [1.29, 1.82) is 0 Å². The number of carbonyl (C=O) groups excluding carboxylic acids is 7. The highest BCUT2D eigenvalue weighted by atomic mass is 32.2. The SMILES string of the molecule is C=C(C(C)C)C(CC(=O)OC)C(C)(C)C.C=C(C(C)C)C(CC(=O)OC)C(C)(C)OC.C=C(C(C)C)C(CC(=O)OC)C(C)C.C=C(C(C)C)C(CC(=O)OC)C(C)CC.C=C(C(C)C)C(CC(=O)OC)C(C)OC.C=C(C(C)C)C(CC(=O)OC)c1ccccc1.C=C(C(C)C)C(CCSC)CC(=O)OC. The van der Waals surface area contributed by atoms with Gasteiger partial charge in [0.15, 0.2) is 0 Å². The maximum atomic E-state index is 11.5. The summed E-state index contributed by atoms with van der Waals surface area (Å²) in [5.41, 5.74) is 8.50. The first kappa shape index (κ1) is 112. The van der Waals surface area contributed by atoms with Crippen molar-refractivity contribution in [2.75, 3.05) is 76.0 Å². The van der Waals surface area contributed by atoms with Gasteiger partial charge in [0.05, 0.1) is 106 Å². The first-order valence-corrected chi connectivity index (χ1v) is 39.6. The van der Waals surface area contributed by atoms with Crippen LogP contribution in [0.2, 0.25) is 0 Å². The largest absolute Gasteiger partial charge is 0.469 e. The maximum Gasteiger partial charge on any atom is 0.306 e. The van der Waals surface area contributed by atoms with Gasteiger partial charge in [-0.15, -0.1) is 0 Å². The summed E-state index contributed by atoms with van der Waals surface area (Å²) in [6, 6.07) is 9.99. The molecular formula is C90H158O16S. The van der Waals surface area contributed by atoms with Gasteiger partial charge in [0.25, 0.3) is 0 Å². The molecule has 0 aromatic heterocycles. The zero-order valence-electron chi connectivity index (χ0n) is 74.2. The maximum absolute atomic E-state index is 11.5. The predicted molar refractivity (Wildman–Crippen MR) is 449 cm³/mol. The van der Waals surface area contributed by atoms with Gasteiger partial charge in [-0.3, -0.25) is 33.6 Å². The molecular weight excluding hydrogens is 1370 g/mol. The average Bonchev–Trinajstić information content (AvgIpc) is 0.851. The molecule has 16 nitrogen and oxygen atoms in total. The smallest absolute Gasteiger partial charge is 0.306 e. The molecule has 0 aliphatic carbocycles. The van der Waals surface area contributed by atoms with E-state index in [9.17, 15) is 33.6 Å². The van der Waals surface area contributed by atoms with Gasteiger partial charge in [0, 0.05) is 32.0 Å². The van der Waals surface area contributed by atoms with Crippen molar-refractivity contribution < 1.29 is 76.2 Å². The van der Waals surface area contributed by atoms with Gasteiger partial charge in [-0.2, -0.15) is 11.8 Å². The quantitative estimate of drug-likeness (QED) is 0.0342. The van der Waals surface area contributed by atoms with Crippen LogP contribution >= 0.6 is 11.8 Å². The first-order chi connectivity index (χ1) is 49.3. The summed E-state index contributed by atoms with van der Waals surface area (Å²) < 4.78 is 43.7. The number of carbonyl (C=O) groups is 7. The Morgan fingerprint density at radius 3 is 1.01 bits per heavy atom. The Balaban J connectivity index is -0.000000278.